The highest BCUT2D eigenvalue weighted by Gasteiger charge is 1.94. The molecule has 0 amide bonds. The molecule has 1 aromatic heterocycles. The summed E-state index contributed by atoms with van der Waals surface area (Å²) in [6.07, 6.45) is 1.16. The molecule has 0 radical (unpaired) electrons. The van der Waals surface area contributed by atoms with Crippen LogP contribution in [0.4, 0.5) is 0 Å². The molecule has 0 bridgehead atoms. The zero-order valence-corrected chi connectivity index (χ0v) is 8.00. The fraction of sp³-hybridized carbons (Fsp3) is 0.556. The van der Waals surface area contributed by atoms with Crippen LogP contribution in [0.3, 0.4) is 0 Å². The minimum Gasteiger partial charge on any atom is -0.317 e. The molecule has 11 heavy (non-hydrogen) atoms. The van der Waals surface area contributed by atoms with E-state index in [1.54, 1.807) is 0 Å². The standard InChI is InChI=1S/C9H15NS/c1-3-10-5-4-9-6-8(2)11-7-9/h6-7,10H,3-5H2,1-2H3. The predicted molar refractivity (Wildman–Crippen MR) is 51.3 cm³/mol. The minimum absolute atomic E-state index is 1.07. The van der Waals surface area contributed by atoms with Gasteiger partial charge in [-0.15, -0.1) is 11.3 Å². The van der Waals surface area contributed by atoms with Gasteiger partial charge in [0.1, 0.15) is 0 Å². The Hall–Kier alpha value is -0.340. The van der Waals surface area contributed by atoms with Crippen LogP contribution >= 0.6 is 11.3 Å². The van der Waals surface area contributed by atoms with Crippen molar-refractivity contribution in [3.05, 3.63) is 21.9 Å². The van der Waals surface area contributed by atoms with Gasteiger partial charge in [-0.2, -0.15) is 0 Å². The first kappa shape index (κ1) is 8.75. The Morgan fingerprint density at radius 1 is 1.55 bits per heavy atom. The summed E-state index contributed by atoms with van der Waals surface area (Å²) in [5.74, 6) is 0. The summed E-state index contributed by atoms with van der Waals surface area (Å²) in [7, 11) is 0. The zero-order valence-electron chi connectivity index (χ0n) is 7.18. The summed E-state index contributed by atoms with van der Waals surface area (Å²) >= 11 is 1.83. The number of aryl methyl sites for hydroxylation is 1. The van der Waals surface area contributed by atoms with E-state index in [0.717, 1.165) is 19.5 Å². The average molecular weight is 169 g/mol. The second-order valence-electron chi connectivity index (χ2n) is 2.67. The van der Waals surface area contributed by atoms with Crippen LogP contribution < -0.4 is 5.32 Å². The van der Waals surface area contributed by atoms with Crippen molar-refractivity contribution in [1.82, 2.24) is 5.32 Å². The number of thiophene rings is 1. The average Bonchev–Trinajstić information content (AvgIpc) is 2.37. The van der Waals surface area contributed by atoms with Crippen LogP contribution in [-0.2, 0) is 6.42 Å². The summed E-state index contributed by atoms with van der Waals surface area (Å²) in [5, 5.41) is 5.55. The Kier molecular flexibility index (Phi) is 3.60. The first-order valence-corrected chi connectivity index (χ1v) is 4.95. The molecule has 0 saturated heterocycles. The third kappa shape index (κ3) is 3.04. The van der Waals surface area contributed by atoms with E-state index in [1.165, 1.54) is 10.4 Å². The van der Waals surface area contributed by atoms with Crippen molar-refractivity contribution in [1.29, 1.82) is 0 Å². The summed E-state index contributed by atoms with van der Waals surface area (Å²) < 4.78 is 0. The van der Waals surface area contributed by atoms with E-state index in [-0.39, 0.29) is 0 Å². The van der Waals surface area contributed by atoms with Gasteiger partial charge in [-0.3, -0.25) is 0 Å². The second kappa shape index (κ2) is 4.52. The normalized spacial score (nSPS) is 10.4. The molecule has 0 aromatic carbocycles. The highest BCUT2D eigenvalue weighted by atomic mass is 32.1. The molecule has 0 saturated carbocycles. The maximum Gasteiger partial charge on any atom is 0.00170 e. The van der Waals surface area contributed by atoms with E-state index in [4.69, 9.17) is 0 Å². The Balaban J connectivity index is 2.27. The van der Waals surface area contributed by atoms with Gasteiger partial charge in [-0.1, -0.05) is 6.92 Å². The highest BCUT2D eigenvalue weighted by molar-refractivity contribution is 7.10. The summed E-state index contributed by atoms with van der Waals surface area (Å²) in [4.78, 5) is 1.41. The van der Waals surface area contributed by atoms with Crippen molar-refractivity contribution in [3.8, 4) is 0 Å². The molecule has 1 N–H and O–H groups in total. The molecule has 2 heteroatoms. The Morgan fingerprint density at radius 3 is 2.91 bits per heavy atom. The third-order valence-electron chi connectivity index (χ3n) is 1.63. The smallest absolute Gasteiger partial charge is 0.00170 e. The third-order valence-corrected chi connectivity index (χ3v) is 2.54. The minimum atomic E-state index is 1.07. The van der Waals surface area contributed by atoms with Gasteiger partial charge in [0.05, 0.1) is 0 Å². The van der Waals surface area contributed by atoms with Crippen molar-refractivity contribution >= 4 is 11.3 Å². The van der Waals surface area contributed by atoms with Gasteiger partial charge in [0.2, 0.25) is 0 Å². The van der Waals surface area contributed by atoms with Crippen molar-refractivity contribution in [2.24, 2.45) is 0 Å². The lowest BCUT2D eigenvalue weighted by Crippen LogP contribution is -2.15. The summed E-state index contributed by atoms with van der Waals surface area (Å²) in [5.41, 5.74) is 1.47. The molecular weight excluding hydrogens is 154 g/mol. The molecule has 1 heterocycles. The predicted octanol–water partition coefficient (Wildman–Crippen LogP) is 2.21. The lowest BCUT2D eigenvalue weighted by Gasteiger charge is -1.97. The van der Waals surface area contributed by atoms with Crippen LogP contribution in [0.5, 0.6) is 0 Å². The van der Waals surface area contributed by atoms with Gasteiger partial charge in [-0.05, 0) is 43.4 Å². The van der Waals surface area contributed by atoms with E-state index < -0.39 is 0 Å². The van der Waals surface area contributed by atoms with Gasteiger partial charge in [0, 0.05) is 4.88 Å². The Labute approximate surface area is 72.4 Å². The summed E-state index contributed by atoms with van der Waals surface area (Å²) in [6, 6.07) is 2.27. The number of likely N-dealkylation sites (N-methyl/N-ethyl adjacent to an activating group) is 1. The molecule has 0 spiro atoms. The van der Waals surface area contributed by atoms with E-state index >= 15 is 0 Å². The van der Waals surface area contributed by atoms with Crippen molar-refractivity contribution in [2.45, 2.75) is 20.3 Å². The molecule has 0 aliphatic carbocycles. The monoisotopic (exact) mass is 169 g/mol. The first-order valence-electron chi connectivity index (χ1n) is 4.07. The quantitative estimate of drug-likeness (QED) is 0.681. The van der Waals surface area contributed by atoms with Crippen LogP contribution in [0.2, 0.25) is 0 Å². The first-order chi connectivity index (χ1) is 5.33. The molecule has 0 aliphatic rings. The van der Waals surface area contributed by atoms with Gasteiger partial charge >= 0.3 is 0 Å². The Morgan fingerprint density at radius 2 is 2.36 bits per heavy atom. The van der Waals surface area contributed by atoms with E-state index in [1.807, 2.05) is 11.3 Å². The summed E-state index contributed by atoms with van der Waals surface area (Å²) in [6.45, 7) is 6.47. The van der Waals surface area contributed by atoms with Crippen LogP contribution in [-0.4, -0.2) is 13.1 Å². The molecular formula is C9H15NS. The van der Waals surface area contributed by atoms with Crippen molar-refractivity contribution in [3.63, 3.8) is 0 Å². The lowest BCUT2D eigenvalue weighted by molar-refractivity contribution is 0.717. The van der Waals surface area contributed by atoms with Crippen molar-refractivity contribution in [2.75, 3.05) is 13.1 Å². The van der Waals surface area contributed by atoms with Crippen LogP contribution in [0.15, 0.2) is 11.4 Å². The Bertz CT molecular complexity index is 205. The number of nitrogens with one attached hydrogen (secondary N) is 1. The largest absolute Gasteiger partial charge is 0.317 e. The maximum absolute atomic E-state index is 3.31. The molecule has 62 valence electrons. The zero-order chi connectivity index (χ0) is 8.10. The van der Waals surface area contributed by atoms with E-state index in [0.29, 0.717) is 0 Å². The van der Waals surface area contributed by atoms with Gasteiger partial charge in [0.15, 0.2) is 0 Å². The number of hydrogen-bond donors (Lipinski definition) is 1. The number of rotatable bonds is 4. The lowest BCUT2D eigenvalue weighted by atomic mass is 10.2. The van der Waals surface area contributed by atoms with Crippen LogP contribution in [0, 0.1) is 6.92 Å². The second-order valence-corrected chi connectivity index (χ2v) is 3.78. The molecule has 0 fully saturated rings. The molecule has 1 rings (SSSR count). The fourth-order valence-corrected chi connectivity index (χ4v) is 1.78. The van der Waals surface area contributed by atoms with Crippen LogP contribution in [0.1, 0.15) is 17.4 Å². The van der Waals surface area contributed by atoms with Crippen LogP contribution in [0.25, 0.3) is 0 Å². The van der Waals surface area contributed by atoms with Gasteiger partial charge < -0.3 is 5.32 Å². The molecule has 0 atom stereocenters. The topological polar surface area (TPSA) is 12.0 Å². The maximum atomic E-state index is 3.31. The molecule has 0 unspecified atom stereocenters. The van der Waals surface area contributed by atoms with E-state index in [2.05, 4.69) is 30.6 Å². The molecule has 1 aromatic rings. The molecule has 1 nitrogen and oxygen atoms in total. The SMILES string of the molecule is CCNCCc1csc(C)c1. The van der Waals surface area contributed by atoms with E-state index in [9.17, 15) is 0 Å². The van der Waals surface area contributed by atoms with Gasteiger partial charge in [-0.25, -0.2) is 0 Å². The fourth-order valence-electron chi connectivity index (χ4n) is 1.04. The highest BCUT2D eigenvalue weighted by Crippen LogP contribution is 2.12. The van der Waals surface area contributed by atoms with Crippen molar-refractivity contribution < 1.29 is 0 Å². The number of hydrogen-bond acceptors (Lipinski definition) is 2. The molecule has 0 aliphatic heterocycles. The van der Waals surface area contributed by atoms with Gasteiger partial charge in [0.25, 0.3) is 0 Å².